The smallest absolute Gasteiger partial charge is 0.119 e. The number of rotatable bonds is 9. The molecule has 0 radical (unpaired) electrons. The second-order valence-electron chi connectivity index (χ2n) is 10.7. The van der Waals surface area contributed by atoms with E-state index in [4.69, 9.17) is 14.5 Å². The highest BCUT2D eigenvalue weighted by molar-refractivity contribution is 7.10. The van der Waals surface area contributed by atoms with E-state index in [1.165, 1.54) is 0 Å². The fourth-order valence-corrected chi connectivity index (χ4v) is 6.32. The number of piperidine rings is 1. The summed E-state index contributed by atoms with van der Waals surface area (Å²) in [5, 5.41) is 25.1. The second-order valence-corrected chi connectivity index (χ2v) is 11.7. The van der Waals surface area contributed by atoms with Gasteiger partial charge in [-0.15, -0.1) is 11.3 Å². The highest BCUT2D eigenvalue weighted by Gasteiger charge is 2.34. The Morgan fingerprint density at radius 1 is 1.15 bits per heavy atom. The van der Waals surface area contributed by atoms with Crippen LogP contribution in [0.25, 0.3) is 10.9 Å². The molecule has 2 fully saturated rings. The lowest BCUT2D eigenvalue weighted by Crippen LogP contribution is -2.42. The Kier molecular flexibility index (Phi) is 9.51. The van der Waals surface area contributed by atoms with Gasteiger partial charge in [0, 0.05) is 37.8 Å². The van der Waals surface area contributed by atoms with Crippen LogP contribution in [0.1, 0.15) is 47.8 Å². The number of aliphatic hydroxyl groups excluding tert-OH is 2. The standard InChI is InChI=1S/C31H39N3O4S/c1-37-25-6-7-28-27(20-25)30(24(21-32-28)22-34-15-17-38-18-16-34)29(36)8-9-31(23-35)10-13-33(14-11-31)12-2-4-26-5-3-19-39-26/h3,5-7,19-21,29,35-36H,8-18,22-23H2,1H3/t29-/m0/s1. The number of likely N-dealkylation sites (tertiary alicyclic amines) is 1. The largest absolute Gasteiger partial charge is 0.497 e. The van der Waals surface area contributed by atoms with Gasteiger partial charge in [0.05, 0.1) is 43.4 Å². The summed E-state index contributed by atoms with van der Waals surface area (Å²) in [4.78, 5) is 10.5. The van der Waals surface area contributed by atoms with Crippen LogP contribution >= 0.6 is 11.3 Å². The van der Waals surface area contributed by atoms with Gasteiger partial charge in [-0.1, -0.05) is 17.9 Å². The van der Waals surface area contributed by atoms with Crippen molar-refractivity contribution in [3.8, 4) is 17.6 Å². The molecule has 2 N–H and O–H groups in total. The van der Waals surface area contributed by atoms with Crippen molar-refractivity contribution in [3.63, 3.8) is 0 Å². The van der Waals surface area contributed by atoms with Crippen molar-refractivity contribution in [2.75, 3.05) is 59.7 Å². The van der Waals surface area contributed by atoms with Crippen molar-refractivity contribution in [2.45, 2.75) is 38.3 Å². The number of aromatic nitrogens is 1. The summed E-state index contributed by atoms with van der Waals surface area (Å²) < 4.78 is 11.0. The minimum absolute atomic E-state index is 0.139. The SMILES string of the molecule is COc1ccc2ncc(CN3CCOCC3)c([C@@H](O)CCC3(CO)CCN(CC#Cc4cccs4)CC3)c2c1. The number of nitrogens with zero attached hydrogens (tertiary/aromatic N) is 3. The Morgan fingerprint density at radius 3 is 2.69 bits per heavy atom. The number of benzene rings is 1. The third-order valence-corrected chi connectivity index (χ3v) is 9.05. The number of fused-ring (bicyclic) bond motifs is 1. The van der Waals surface area contributed by atoms with Gasteiger partial charge >= 0.3 is 0 Å². The van der Waals surface area contributed by atoms with Gasteiger partial charge in [-0.25, -0.2) is 0 Å². The topological polar surface area (TPSA) is 78.3 Å². The first-order chi connectivity index (χ1) is 19.1. The first kappa shape index (κ1) is 28.0. The van der Waals surface area contributed by atoms with E-state index < -0.39 is 6.10 Å². The highest BCUT2D eigenvalue weighted by atomic mass is 32.1. The summed E-state index contributed by atoms with van der Waals surface area (Å²) in [6.07, 6.45) is 4.43. The van der Waals surface area contributed by atoms with Crippen LogP contribution < -0.4 is 4.74 Å². The van der Waals surface area contributed by atoms with Crippen LogP contribution in [0.3, 0.4) is 0 Å². The molecule has 5 rings (SSSR count). The second kappa shape index (κ2) is 13.2. The maximum atomic E-state index is 11.7. The summed E-state index contributed by atoms with van der Waals surface area (Å²) in [5.74, 6) is 7.29. The molecule has 208 valence electrons. The fraction of sp³-hybridized carbons (Fsp3) is 0.516. The van der Waals surface area contributed by atoms with E-state index in [0.29, 0.717) is 6.42 Å². The molecule has 2 aromatic heterocycles. The van der Waals surface area contributed by atoms with Gasteiger partial charge in [-0.05, 0) is 85.0 Å². The number of aliphatic hydroxyl groups is 2. The number of hydrogen-bond donors (Lipinski definition) is 2. The van der Waals surface area contributed by atoms with Gasteiger partial charge in [-0.2, -0.15) is 0 Å². The molecule has 1 atom stereocenters. The Morgan fingerprint density at radius 2 is 1.97 bits per heavy atom. The zero-order chi connectivity index (χ0) is 27.1. The summed E-state index contributed by atoms with van der Waals surface area (Å²) in [5.41, 5.74) is 2.65. The van der Waals surface area contributed by atoms with Gasteiger partial charge < -0.3 is 19.7 Å². The van der Waals surface area contributed by atoms with Gasteiger partial charge in [0.2, 0.25) is 0 Å². The average molecular weight is 550 g/mol. The lowest BCUT2D eigenvalue weighted by atomic mass is 9.74. The molecule has 0 amide bonds. The molecular weight excluding hydrogens is 510 g/mol. The average Bonchev–Trinajstić information content (AvgIpc) is 3.50. The lowest BCUT2D eigenvalue weighted by molar-refractivity contribution is 0.0262. The lowest BCUT2D eigenvalue weighted by Gasteiger charge is -2.40. The summed E-state index contributed by atoms with van der Waals surface area (Å²) in [6.45, 7) is 6.62. The molecule has 7 nitrogen and oxygen atoms in total. The van der Waals surface area contributed by atoms with Crippen molar-refractivity contribution in [2.24, 2.45) is 5.41 Å². The minimum Gasteiger partial charge on any atom is -0.497 e. The number of ether oxygens (including phenoxy) is 2. The monoisotopic (exact) mass is 549 g/mol. The van der Waals surface area contributed by atoms with Crippen LogP contribution in [0.5, 0.6) is 5.75 Å². The molecule has 4 heterocycles. The van der Waals surface area contributed by atoms with Crippen LogP contribution in [-0.4, -0.2) is 84.7 Å². The summed E-state index contributed by atoms with van der Waals surface area (Å²) in [7, 11) is 1.66. The molecule has 2 aliphatic rings. The Labute approximate surface area is 235 Å². The van der Waals surface area contributed by atoms with Crippen molar-refractivity contribution >= 4 is 22.2 Å². The molecule has 0 spiro atoms. The van der Waals surface area contributed by atoms with Crippen LogP contribution in [0, 0.1) is 17.3 Å². The van der Waals surface area contributed by atoms with Crippen molar-refractivity contribution in [1.82, 2.24) is 14.8 Å². The van der Waals surface area contributed by atoms with E-state index in [1.807, 2.05) is 41.9 Å². The van der Waals surface area contributed by atoms with Crippen LogP contribution in [0.15, 0.2) is 41.9 Å². The normalized spacial score (nSPS) is 18.9. The maximum Gasteiger partial charge on any atom is 0.119 e. The van der Waals surface area contributed by atoms with Gasteiger partial charge in [0.1, 0.15) is 5.75 Å². The zero-order valence-electron chi connectivity index (χ0n) is 22.8. The number of methoxy groups -OCH3 is 1. The first-order valence-electron chi connectivity index (χ1n) is 13.9. The van der Waals surface area contributed by atoms with Crippen molar-refractivity contribution < 1.29 is 19.7 Å². The zero-order valence-corrected chi connectivity index (χ0v) is 23.6. The van der Waals surface area contributed by atoms with Gasteiger partial charge in [-0.3, -0.25) is 14.8 Å². The van der Waals surface area contributed by atoms with Crippen molar-refractivity contribution in [1.29, 1.82) is 0 Å². The number of pyridine rings is 1. The minimum atomic E-state index is -0.656. The summed E-state index contributed by atoms with van der Waals surface area (Å²) in [6, 6.07) is 9.92. The van der Waals surface area contributed by atoms with Gasteiger partial charge in [0.15, 0.2) is 0 Å². The first-order valence-corrected chi connectivity index (χ1v) is 14.8. The van der Waals surface area contributed by atoms with E-state index in [9.17, 15) is 10.2 Å². The van der Waals surface area contributed by atoms with E-state index in [2.05, 4.69) is 21.6 Å². The quantitative estimate of drug-likeness (QED) is 0.390. The molecule has 2 saturated heterocycles. The number of morpholine rings is 1. The van der Waals surface area contributed by atoms with E-state index in [-0.39, 0.29) is 12.0 Å². The third-order valence-electron chi connectivity index (χ3n) is 8.27. The predicted molar refractivity (Wildman–Crippen MR) is 155 cm³/mol. The molecule has 1 aromatic carbocycles. The molecule has 0 unspecified atom stereocenters. The fourth-order valence-electron chi connectivity index (χ4n) is 5.73. The summed E-state index contributed by atoms with van der Waals surface area (Å²) >= 11 is 1.67. The van der Waals surface area contributed by atoms with E-state index >= 15 is 0 Å². The number of hydrogen-bond acceptors (Lipinski definition) is 8. The molecular formula is C31H39N3O4S. The molecule has 0 bridgehead atoms. The highest BCUT2D eigenvalue weighted by Crippen LogP contribution is 2.40. The molecule has 39 heavy (non-hydrogen) atoms. The Balaban J connectivity index is 1.28. The van der Waals surface area contributed by atoms with Gasteiger partial charge in [0.25, 0.3) is 0 Å². The molecule has 2 aliphatic heterocycles. The third kappa shape index (κ3) is 6.98. The Bertz CT molecular complexity index is 1270. The number of thiophene rings is 1. The van der Waals surface area contributed by atoms with Crippen LogP contribution in [-0.2, 0) is 11.3 Å². The van der Waals surface area contributed by atoms with E-state index in [1.54, 1.807) is 18.4 Å². The van der Waals surface area contributed by atoms with Crippen LogP contribution in [0.2, 0.25) is 0 Å². The molecule has 0 aliphatic carbocycles. The van der Waals surface area contributed by atoms with E-state index in [0.717, 1.165) is 104 Å². The van der Waals surface area contributed by atoms with Crippen LogP contribution in [0.4, 0.5) is 0 Å². The maximum absolute atomic E-state index is 11.7. The Hall–Kier alpha value is -2.51. The predicted octanol–water partition coefficient (Wildman–Crippen LogP) is 4.08. The van der Waals surface area contributed by atoms with Crippen molar-refractivity contribution in [3.05, 3.63) is 57.9 Å². The molecule has 0 saturated carbocycles. The molecule has 8 heteroatoms. The molecule has 3 aromatic rings.